The zero-order valence-corrected chi connectivity index (χ0v) is 24.3. The van der Waals surface area contributed by atoms with Gasteiger partial charge in [0.05, 0.1) is 18.8 Å². The second kappa shape index (κ2) is 28.7. The average molecular weight is 510 g/mol. The number of hydrogen-bond donors (Lipinski definition) is 3. The molecule has 4 nitrogen and oxygen atoms in total. The van der Waals surface area contributed by atoms with Gasteiger partial charge in [0.15, 0.2) is 0 Å². The van der Waals surface area contributed by atoms with Crippen molar-refractivity contribution in [3.05, 3.63) is 12.2 Å². The Kier molecular flexibility index (Phi) is 28.0. The largest absolute Gasteiger partial charge is 0.394 e. The molecule has 0 saturated heterocycles. The van der Waals surface area contributed by atoms with Crippen LogP contribution in [0.5, 0.6) is 0 Å². The molecule has 0 aromatic heterocycles. The molecule has 1 amide bonds. The molecule has 0 fully saturated rings. The molecule has 0 aromatic rings. The monoisotopic (exact) mass is 509 g/mol. The predicted octanol–water partition coefficient (Wildman–Crippen LogP) is 8.78. The Hall–Kier alpha value is -0.870. The Bertz CT molecular complexity index is 480. The topological polar surface area (TPSA) is 69.6 Å². The molecule has 4 heteroatoms. The van der Waals surface area contributed by atoms with Crippen molar-refractivity contribution >= 4 is 5.91 Å². The van der Waals surface area contributed by atoms with Crippen LogP contribution in [0.4, 0.5) is 0 Å². The molecule has 0 saturated carbocycles. The molecule has 2 atom stereocenters. The van der Waals surface area contributed by atoms with Crippen molar-refractivity contribution in [1.82, 2.24) is 5.32 Å². The Morgan fingerprint density at radius 2 is 1.03 bits per heavy atom. The molecule has 0 aromatic carbocycles. The van der Waals surface area contributed by atoms with Crippen molar-refractivity contribution in [2.75, 3.05) is 6.61 Å². The molecule has 0 bridgehead atoms. The number of rotatable bonds is 28. The van der Waals surface area contributed by atoms with E-state index >= 15 is 0 Å². The molecule has 36 heavy (non-hydrogen) atoms. The summed E-state index contributed by atoms with van der Waals surface area (Å²) in [5, 5.41) is 22.7. The number of carbonyl (C=O) groups excluding carboxylic acids is 1. The van der Waals surface area contributed by atoms with E-state index in [0.717, 1.165) is 25.7 Å². The summed E-state index contributed by atoms with van der Waals surface area (Å²) in [5.74, 6) is -0.0669. The highest BCUT2D eigenvalue weighted by atomic mass is 16.3. The maximum Gasteiger partial charge on any atom is 0.220 e. The summed E-state index contributed by atoms with van der Waals surface area (Å²) in [6.07, 6.45) is 32.8. The lowest BCUT2D eigenvalue weighted by atomic mass is 10.0. The quantitative estimate of drug-likeness (QED) is 0.0729. The summed E-state index contributed by atoms with van der Waals surface area (Å²) >= 11 is 0. The molecule has 0 aliphatic rings. The molecule has 0 spiro atoms. The van der Waals surface area contributed by atoms with Crippen molar-refractivity contribution < 1.29 is 15.0 Å². The first-order valence-electron chi connectivity index (χ1n) is 15.9. The molecule has 0 aliphatic heterocycles. The fraction of sp³-hybridized carbons (Fsp3) is 0.906. The smallest absolute Gasteiger partial charge is 0.220 e. The maximum absolute atomic E-state index is 12.2. The van der Waals surface area contributed by atoms with E-state index in [9.17, 15) is 15.0 Å². The van der Waals surface area contributed by atoms with E-state index < -0.39 is 12.1 Å². The van der Waals surface area contributed by atoms with Crippen LogP contribution >= 0.6 is 0 Å². The average Bonchev–Trinajstić information content (AvgIpc) is 2.88. The van der Waals surface area contributed by atoms with Gasteiger partial charge in [-0.1, -0.05) is 154 Å². The Labute approximate surface area is 225 Å². The van der Waals surface area contributed by atoms with Crippen LogP contribution in [0, 0.1) is 0 Å². The van der Waals surface area contributed by atoms with Crippen LogP contribution in [0.15, 0.2) is 12.2 Å². The van der Waals surface area contributed by atoms with Gasteiger partial charge in [0, 0.05) is 6.42 Å². The molecule has 0 rings (SSSR count). The van der Waals surface area contributed by atoms with E-state index in [1.807, 2.05) is 6.08 Å². The molecular weight excluding hydrogens is 446 g/mol. The first-order chi connectivity index (χ1) is 17.7. The summed E-state index contributed by atoms with van der Waals surface area (Å²) in [5.41, 5.74) is 0. The third-order valence-electron chi connectivity index (χ3n) is 7.27. The van der Waals surface area contributed by atoms with Gasteiger partial charge in [-0.3, -0.25) is 4.79 Å². The van der Waals surface area contributed by atoms with Crippen molar-refractivity contribution in [2.45, 2.75) is 180 Å². The molecule has 3 N–H and O–H groups in total. The number of aliphatic hydroxyl groups is 2. The van der Waals surface area contributed by atoms with E-state index in [0.29, 0.717) is 6.42 Å². The first-order valence-corrected chi connectivity index (χ1v) is 15.9. The van der Waals surface area contributed by atoms with E-state index in [1.54, 1.807) is 6.08 Å². The van der Waals surface area contributed by atoms with Crippen molar-refractivity contribution in [2.24, 2.45) is 0 Å². The molecular formula is C32H63NO3. The molecule has 214 valence electrons. The standard InChI is InChI=1S/C32H63NO3/c1-3-5-7-9-11-13-15-16-18-19-21-23-25-27-31(35)30(29-34)33-32(36)28-26-24-22-20-17-14-12-10-8-6-4-2/h25,27,30-31,34-35H,3-24,26,28-29H2,1-2H3,(H,33,36)/b27-25+/t30-,31?/m0/s1. The third-order valence-corrected chi connectivity index (χ3v) is 7.27. The second-order valence-electron chi connectivity index (χ2n) is 10.9. The van der Waals surface area contributed by atoms with Crippen LogP contribution in [0.1, 0.15) is 168 Å². The van der Waals surface area contributed by atoms with Gasteiger partial charge in [-0.25, -0.2) is 0 Å². The van der Waals surface area contributed by atoms with E-state index in [4.69, 9.17) is 0 Å². The minimum Gasteiger partial charge on any atom is -0.394 e. The van der Waals surface area contributed by atoms with E-state index in [-0.39, 0.29) is 12.5 Å². The summed E-state index contributed by atoms with van der Waals surface area (Å²) in [4.78, 5) is 12.2. The van der Waals surface area contributed by atoms with Gasteiger partial charge in [-0.15, -0.1) is 0 Å². The zero-order valence-electron chi connectivity index (χ0n) is 24.3. The van der Waals surface area contributed by atoms with Crippen LogP contribution in [-0.4, -0.2) is 34.9 Å². The minimum atomic E-state index is -0.830. The third kappa shape index (κ3) is 24.8. The SMILES string of the molecule is CCCCCCCCCCCCC/C=C/C(O)[C@H](CO)NC(=O)CCCCCCCCCCCCC. The number of aliphatic hydroxyl groups excluding tert-OH is 2. The molecule has 0 radical (unpaired) electrons. The summed E-state index contributed by atoms with van der Waals surface area (Å²) in [7, 11) is 0. The minimum absolute atomic E-state index is 0.0669. The highest BCUT2D eigenvalue weighted by Crippen LogP contribution is 2.13. The highest BCUT2D eigenvalue weighted by Gasteiger charge is 2.17. The van der Waals surface area contributed by atoms with Crippen molar-refractivity contribution in [3.8, 4) is 0 Å². The van der Waals surface area contributed by atoms with Crippen molar-refractivity contribution in [1.29, 1.82) is 0 Å². The zero-order chi connectivity index (χ0) is 26.5. The lowest BCUT2D eigenvalue weighted by Gasteiger charge is -2.20. The maximum atomic E-state index is 12.2. The fourth-order valence-corrected chi connectivity index (χ4v) is 4.76. The van der Waals surface area contributed by atoms with Crippen LogP contribution in [0.3, 0.4) is 0 Å². The molecule has 1 unspecified atom stereocenters. The van der Waals surface area contributed by atoms with E-state index in [2.05, 4.69) is 19.2 Å². The first kappa shape index (κ1) is 35.1. The van der Waals surface area contributed by atoms with Crippen LogP contribution in [-0.2, 0) is 4.79 Å². The van der Waals surface area contributed by atoms with Gasteiger partial charge >= 0.3 is 0 Å². The Balaban J connectivity index is 3.66. The van der Waals surface area contributed by atoms with Crippen molar-refractivity contribution in [3.63, 3.8) is 0 Å². The van der Waals surface area contributed by atoms with Crippen LogP contribution < -0.4 is 5.32 Å². The second-order valence-corrected chi connectivity index (χ2v) is 10.9. The number of unbranched alkanes of at least 4 members (excludes halogenated alkanes) is 21. The van der Waals surface area contributed by atoms with Gasteiger partial charge in [-0.05, 0) is 19.3 Å². The predicted molar refractivity (Wildman–Crippen MR) is 156 cm³/mol. The Morgan fingerprint density at radius 1 is 0.639 bits per heavy atom. The summed E-state index contributed by atoms with van der Waals surface area (Å²) < 4.78 is 0. The number of nitrogens with one attached hydrogen (secondary N) is 1. The highest BCUT2D eigenvalue weighted by molar-refractivity contribution is 5.76. The lowest BCUT2D eigenvalue weighted by molar-refractivity contribution is -0.123. The van der Waals surface area contributed by atoms with Crippen LogP contribution in [0.25, 0.3) is 0 Å². The van der Waals surface area contributed by atoms with Gasteiger partial charge in [0.25, 0.3) is 0 Å². The summed E-state index contributed by atoms with van der Waals surface area (Å²) in [6, 6.07) is -0.612. The van der Waals surface area contributed by atoms with Gasteiger partial charge in [-0.2, -0.15) is 0 Å². The Morgan fingerprint density at radius 3 is 1.44 bits per heavy atom. The molecule has 0 aliphatic carbocycles. The number of carbonyl (C=O) groups is 1. The van der Waals surface area contributed by atoms with Gasteiger partial charge in [0.1, 0.15) is 0 Å². The molecule has 0 heterocycles. The van der Waals surface area contributed by atoms with Gasteiger partial charge in [0.2, 0.25) is 5.91 Å². The normalized spacial score (nSPS) is 13.3. The number of hydrogen-bond acceptors (Lipinski definition) is 3. The lowest BCUT2D eigenvalue weighted by Crippen LogP contribution is -2.45. The number of amides is 1. The van der Waals surface area contributed by atoms with Gasteiger partial charge < -0.3 is 15.5 Å². The summed E-state index contributed by atoms with van der Waals surface area (Å²) in [6.45, 7) is 4.28. The van der Waals surface area contributed by atoms with Crippen LogP contribution in [0.2, 0.25) is 0 Å². The fourth-order valence-electron chi connectivity index (χ4n) is 4.76. The number of allylic oxidation sites excluding steroid dienone is 1. The van der Waals surface area contributed by atoms with E-state index in [1.165, 1.54) is 122 Å².